The number of amides is 1. The van der Waals surface area contributed by atoms with Crippen LogP contribution in [0.4, 0.5) is 5.69 Å². The van der Waals surface area contributed by atoms with Crippen LogP contribution >= 0.6 is 0 Å². The molecular formula is C18H27N3O2. The number of carbonyl (C=O) groups excluding carboxylic acids is 1. The van der Waals surface area contributed by atoms with Crippen molar-refractivity contribution in [1.29, 1.82) is 0 Å². The quantitative estimate of drug-likeness (QED) is 0.871. The number of benzene rings is 1. The Hall–Kier alpha value is -1.43. The standard InChI is InChI=1S/C18H27N3O2/c19-17-3-1-2-15(17)12-18(22)20-16-6-4-14(5-7-16)13-21-8-10-23-11-9-21/h4-7,15,17H,1-3,8-13,19H2,(H,20,22)/t15-,17+/m0/s1. The fourth-order valence-electron chi connectivity index (χ4n) is 3.48. The molecule has 5 heteroatoms. The molecule has 23 heavy (non-hydrogen) atoms. The van der Waals surface area contributed by atoms with Crippen LogP contribution in [0.1, 0.15) is 31.2 Å². The molecule has 1 aromatic carbocycles. The zero-order valence-electron chi connectivity index (χ0n) is 13.7. The molecule has 1 amide bonds. The number of nitrogens with one attached hydrogen (secondary N) is 1. The van der Waals surface area contributed by atoms with Crippen molar-refractivity contribution in [1.82, 2.24) is 4.90 Å². The molecule has 2 aliphatic rings. The number of nitrogens with two attached hydrogens (primary N) is 1. The molecule has 0 bridgehead atoms. The van der Waals surface area contributed by atoms with Crippen molar-refractivity contribution in [2.75, 3.05) is 31.6 Å². The monoisotopic (exact) mass is 317 g/mol. The Labute approximate surface area is 138 Å². The van der Waals surface area contributed by atoms with Crippen molar-refractivity contribution in [2.24, 2.45) is 11.7 Å². The molecule has 126 valence electrons. The summed E-state index contributed by atoms with van der Waals surface area (Å²) in [6, 6.07) is 8.35. The predicted molar refractivity (Wildman–Crippen MR) is 91.1 cm³/mol. The van der Waals surface area contributed by atoms with E-state index < -0.39 is 0 Å². The van der Waals surface area contributed by atoms with Crippen LogP contribution in [-0.2, 0) is 16.1 Å². The maximum Gasteiger partial charge on any atom is 0.224 e. The summed E-state index contributed by atoms with van der Waals surface area (Å²) in [5, 5.41) is 2.99. The van der Waals surface area contributed by atoms with Gasteiger partial charge < -0.3 is 15.8 Å². The highest BCUT2D eigenvalue weighted by molar-refractivity contribution is 5.90. The minimum Gasteiger partial charge on any atom is -0.379 e. The van der Waals surface area contributed by atoms with Gasteiger partial charge in [0.05, 0.1) is 13.2 Å². The van der Waals surface area contributed by atoms with Crippen LogP contribution in [0.5, 0.6) is 0 Å². The van der Waals surface area contributed by atoms with E-state index in [4.69, 9.17) is 10.5 Å². The molecule has 1 aromatic rings. The van der Waals surface area contributed by atoms with Gasteiger partial charge in [-0.2, -0.15) is 0 Å². The van der Waals surface area contributed by atoms with Crippen LogP contribution in [0.2, 0.25) is 0 Å². The van der Waals surface area contributed by atoms with Crippen molar-refractivity contribution in [2.45, 2.75) is 38.3 Å². The van der Waals surface area contributed by atoms with E-state index in [1.807, 2.05) is 12.1 Å². The molecule has 1 saturated carbocycles. The van der Waals surface area contributed by atoms with Gasteiger partial charge in [-0.1, -0.05) is 18.6 Å². The smallest absolute Gasteiger partial charge is 0.224 e. The van der Waals surface area contributed by atoms with Crippen molar-refractivity contribution in [3.05, 3.63) is 29.8 Å². The average molecular weight is 317 g/mol. The maximum absolute atomic E-state index is 12.1. The second kappa shape index (κ2) is 7.90. The third-order valence-electron chi connectivity index (χ3n) is 4.91. The summed E-state index contributed by atoms with van der Waals surface area (Å²) in [4.78, 5) is 14.5. The first-order chi connectivity index (χ1) is 11.2. The summed E-state index contributed by atoms with van der Waals surface area (Å²) in [5.74, 6) is 0.420. The van der Waals surface area contributed by atoms with Crippen LogP contribution in [0.15, 0.2) is 24.3 Å². The number of nitrogens with zero attached hydrogens (tertiary/aromatic N) is 1. The summed E-state index contributed by atoms with van der Waals surface area (Å²) in [6.45, 7) is 4.55. The molecule has 3 rings (SSSR count). The maximum atomic E-state index is 12.1. The molecule has 2 fully saturated rings. The minimum absolute atomic E-state index is 0.0771. The number of rotatable bonds is 5. The molecule has 1 heterocycles. The van der Waals surface area contributed by atoms with Crippen molar-refractivity contribution >= 4 is 11.6 Å². The largest absolute Gasteiger partial charge is 0.379 e. The van der Waals surface area contributed by atoms with Crippen molar-refractivity contribution in [3.8, 4) is 0 Å². The molecule has 1 aliphatic heterocycles. The van der Waals surface area contributed by atoms with E-state index >= 15 is 0 Å². The number of ether oxygens (including phenoxy) is 1. The molecule has 5 nitrogen and oxygen atoms in total. The fraction of sp³-hybridized carbons (Fsp3) is 0.611. The number of hydrogen-bond acceptors (Lipinski definition) is 4. The van der Waals surface area contributed by atoms with E-state index in [0.29, 0.717) is 12.3 Å². The molecule has 2 atom stereocenters. The van der Waals surface area contributed by atoms with E-state index in [1.165, 1.54) is 5.56 Å². The highest BCUT2D eigenvalue weighted by atomic mass is 16.5. The lowest BCUT2D eigenvalue weighted by Crippen LogP contribution is -2.35. The molecule has 0 unspecified atom stereocenters. The molecule has 0 radical (unpaired) electrons. The van der Waals surface area contributed by atoms with Gasteiger partial charge in [0, 0.05) is 37.8 Å². The first kappa shape index (κ1) is 16.4. The highest BCUT2D eigenvalue weighted by Crippen LogP contribution is 2.27. The Kier molecular flexibility index (Phi) is 5.65. The third kappa shape index (κ3) is 4.77. The summed E-state index contributed by atoms with van der Waals surface area (Å²) in [5.41, 5.74) is 8.17. The van der Waals surface area contributed by atoms with Gasteiger partial charge in [0.25, 0.3) is 0 Å². The van der Waals surface area contributed by atoms with Gasteiger partial charge in [-0.05, 0) is 36.5 Å². The lowest BCUT2D eigenvalue weighted by Gasteiger charge is -2.26. The molecule has 1 aliphatic carbocycles. The van der Waals surface area contributed by atoms with E-state index in [0.717, 1.165) is 57.8 Å². The highest BCUT2D eigenvalue weighted by Gasteiger charge is 2.25. The van der Waals surface area contributed by atoms with E-state index in [1.54, 1.807) is 0 Å². The van der Waals surface area contributed by atoms with Gasteiger partial charge in [-0.25, -0.2) is 0 Å². The van der Waals surface area contributed by atoms with Gasteiger partial charge in [-0.3, -0.25) is 9.69 Å². The van der Waals surface area contributed by atoms with Gasteiger partial charge >= 0.3 is 0 Å². The molecule has 0 spiro atoms. The Balaban J connectivity index is 1.47. The number of morpholine rings is 1. The topological polar surface area (TPSA) is 67.6 Å². The normalized spacial score (nSPS) is 25.4. The summed E-state index contributed by atoms with van der Waals surface area (Å²) in [7, 11) is 0. The summed E-state index contributed by atoms with van der Waals surface area (Å²) in [6.07, 6.45) is 3.81. The molecule has 0 aromatic heterocycles. The first-order valence-corrected chi connectivity index (χ1v) is 8.65. The Morgan fingerprint density at radius 1 is 1.22 bits per heavy atom. The van der Waals surface area contributed by atoms with Gasteiger partial charge in [0.2, 0.25) is 5.91 Å². The van der Waals surface area contributed by atoms with Crippen molar-refractivity contribution in [3.63, 3.8) is 0 Å². The first-order valence-electron chi connectivity index (χ1n) is 8.65. The zero-order valence-corrected chi connectivity index (χ0v) is 13.7. The van der Waals surface area contributed by atoms with Crippen LogP contribution in [0, 0.1) is 5.92 Å². The second-order valence-electron chi connectivity index (χ2n) is 6.69. The van der Waals surface area contributed by atoms with Crippen molar-refractivity contribution < 1.29 is 9.53 Å². The number of anilines is 1. The molecule has 1 saturated heterocycles. The summed E-state index contributed by atoms with van der Waals surface area (Å²) >= 11 is 0. The van der Waals surface area contributed by atoms with E-state index in [2.05, 4.69) is 22.3 Å². The predicted octanol–water partition coefficient (Wildman–Crippen LogP) is 1.97. The van der Waals surface area contributed by atoms with Gasteiger partial charge in [-0.15, -0.1) is 0 Å². The Morgan fingerprint density at radius 2 is 1.96 bits per heavy atom. The zero-order chi connectivity index (χ0) is 16.1. The van der Waals surface area contributed by atoms with E-state index in [9.17, 15) is 4.79 Å². The van der Waals surface area contributed by atoms with E-state index in [-0.39, 0.29) is 11.9 Å². The molecule has 3 N–H and O–H groups in total. The Bertz CT molecular complexity index is 512. The van der Waals surface area contributed by atoms with Crippen LogP contribution in [-0.4, -0.2) is 43.2 Å². The van der Waals surface area contributed by atoms with Gasteiger partial charge in [0.15, 0.2) is 0 Å². The lowest BCUT2D eigenvalue weighted by atomic mass is 10.00. The summed E-state index contributed by atoms with van der Waals surface area (Å²) < 4.78 is 5.36. The minimum atomic E-state index is 0.0771. The second-order valence-corrected chi connectivity index (χ2v) is 6.69. The lowest BCUT2D eigenvalue weighted by molar-refractivity contribution is -0.117. The Morgan fingerprint density at radius 3 is 2.61 bits per heavy atom. The third-order valence-corrected chi connectivity index (χ3v) is 4.91. The average Bonchev–Trinajstić information content (AvgIpc) is 2.95. The van der Waals surface area contributed by atoms with Gasteiger partial charge in [0.1, 0.15) is 0 Å². The number of carbonyl (C=O) groups is 1. The number of hydrogen-bond donors (Lipinski definition) is 2. The van der Waals surface area contributed by atoms with Crippen LogP contribution in [0.3, 0.4) is 0 Å². The molecular weight excluding hydrogens is 290 g/mol. The SMILES string of the molecule is N[C@@H]1CCC[C@H]1CC(=O)Nc1ccc(CN2CCOCC2)cc1. The fourth-order valence-corrected chi connectivity index (χ4v) is 3.48. The van der Waals surface area contributed by atoms with Crippen LogP contribution < -0.4 is 11.1 Å². The van der Waals surface area contributed by atoms with Crippen LogP contribution in [0.25, 0.3) is 0 Å².